The summed E-state index contributed by atoms with van der Waals surface area (Å²) in [6.07, 6.45) is 2.77. The third-order valence-electron chi connectivity index (χ3n) is 3.64. The number of benzene rings is 1. The number of aromatic nitrogens is 1. The number of urea groups is 1. The molecule has 118 valence electrons. The van der Waals surface area contributed by atoms with Crippen molar-refractivity contribution in [3.05, 3.63) is 59.7 Å². The Hall–Kier alpha value is -2.30. The molecule has 0 aliphatic rings. The molecular formula is C17H22FN3O. The van der Waals surface area contributed by atoms with Crippen LogP contribution in [0.25, 0.3) is 0 Å². The molecule has 2 aromatic rings. The van der Waals surface area contributed by atoms with E-state index in [9.17, 15) is 9.18 Å². The van der Waals surface area contributed by atoms with Crippen LogP contribution >= 0.6 is 0 Å². The Bertz CT molecular complexity index is 624. The van der Waals surface area contributed by atoms with Gasteiger partial charge in [0.2, 0.25) is 0 Å². The first kappa shape index (κ1) is 16.1. The van der Waals surface area contributed by atoms with Crippen molar-refractivity contribution in [3.63, 3.8) is 0 Å². The molecule has 1 aromatic heterocycles. The van der Waals surface area contributed by atoms with Crippen LogP contribution in [0.15, 0.2) is 42.6 Å². The Morgan fingerprint density at radius 3 is 2.77 bits per heavy atom. The van der Waals surface area contributed by atoms with Gasteiger partial charge in [-0.15, -0.1) is 0 Å². The number of amides is 2. The van der Waals surface area contributed by atoms with Crippen LogP contribution in [-0.4, -0.2) is 16.6 Å². The van der Waals surface area contributed by atoms with Crippen molar-refractivity contribution in [1.82, 2.24) is 15.2 Å². The van der Waals surface area contributed by atoms with E-state index in [0.29, 0.717) is 18.7 Å². The topological polar surface area (TPSA) is 46.1 Å². The third-order valence-corrected chi connectivity index (χ3v) is 3.64. The maximum atomic E-state index is 13.7. The quantitative estimate of drug-likeness (QED) is 0.845. The van der Waals surface area contributed by atoms with Gasteiger partial charge >= 0.3 is 6.03 Å². The first-order chi connectivity index (χ1) is 10.6. The van der Waals surface area contributed by atoms with E-state index in [4.69, 9.17) is 0 Å². The van der Waals surface area contributed by atoms with E-state index >= 15 is 0 Å². The van der Waals surface area contributed by atoms with Gasteiger partial charge in [0.1, 0.15) is 5.82 Å². The van der Waals surface area contributed by atoms with Gasteiger partial charge in [-0.1, -0.05) is 25.1 Å². The molecule has 0 spiro atoms. The Morgan fingerprint density at radius 2 is 2.05 bits per heavy atom. The second-order valence-corrected chi connectivity index (χ2v) is 5.36. The van der Waals surface area contributed by atoms with Crippen molar-refractivity contribution in [1.29, 1.82) is 0 Å². The lowest BCUT2D eigenvalue weighted by Crippen LogP contribution is -2.40. The zero-order chi connectivity index (χ0) is 15.9. The summed E-state index contributed by atoms with van der Waals surface area (Å²) >= 11 is 0. The minimum absolute atomic E-state index is 0.144. The molecule has 1 heterocycles. The average Bonchev–Trinajstić information content (AvgIpc) is 2.94. The first-order valence-corrected chi connectivity index (χ1v) is 7.52. The van der Waals surface area contributed by atoms with Crippen LogP contribution in [0.5, 0.6) is 0 Å². The number of carbonyl (C=O) groups is 1. The van der Waals surface area contributed by atoms with Crippen molar-refractivity contribution >= 4 is 6.03 Å². The van der Waals surface area contributed by atoms with E-state index in [0.717, 1.165) is 12.1 Å². The average molecular weight is 303 g/mol. The molecule has 0 aliphatic carbocycles. The molecule has 1 aromatic carbocycles. The fraction of sp³-hybridized carbons (Fsp3) is 0.353. The molecule has 0 radical (unpaired) electrons. The lowest BCUT2D eigenvalue weighted by Gasteiger charge is -2.14. The summed E-state index contributed by atoms with van der Waals surface area (Å²) in [5.74, 6) is -0.218. The van der Waals surface area contributed by atoms with Crippen molar-refractivity contribution in [2.75, 3.05) is 0 Å². The van der Waals surface area contributed by atoms with Crippen LogP contribution in [0.3, 0.4) is 0 Å². The van der Waals surface area contributed by atoms with Crippen LogP contribution in [0, 0.1) is 5.82 Å². The molecule has 0 bridgehead atoms. The Kier molecular flexibility index (Phi) is 5.58. The molecule has 1 atom stereocenters. The highest BCUT2D eigenvalue weighted by molar-refractivity contribution is 5.74. The van der Waals surface area contributed by atoms with Gasteiger partial charge in [0.25, 0.3) is 0 Å². The fourth-order valence-corrected chi connectivity index (χ4v) is 2.12. The van der Waals surface area contributed by atoms with Gasteiger partial charge in [-0.2, -0.15) is 0 Å². The largest absolute Gasteiger partial charge is 0.345 e. The number of halogens is 1. The molecule has 0 unspecified atom stereocenters. The van der Waals surface area contributed by atoms with E-state index < -0.39 is 0 Å². The normalized spacial score (nSPS) is 12.0. The van der Waals surface area contributed by atoms with E-state index in [-0.39, 0.29) is 17.9 Å². The number of hydrogen-bond donors (Lipinski definition) is 2. The molecular weight excluding hydrogens is 281 g/mol. The van der Waals surface area contributed by atoms with Gasteiger partial charge in [0.05, 0.1) is 13.1 Å². The fourth-order valence-electron chi connectivity index (χ4n) is 2.12. The van der Waals surface area contributed by atoms with E-state index in [1.54, 1.807) is 12.1 Å². The number of nitrogens with one attached hydrogen (secondary N) is 2. The molecule has 4 nitrogen and oxygen atoms in total. The summed E-state index contributed by atoms with van der Waals surface area (Å²) in [4.78, 5) is 11.7. The van der Waals surface area contributed by atoms with Gasteiger partial charge in [-0.05, 0) is 31.5 Å². The highest BCUT2D eigenvalue weighted by Crippen LogP contribution is 2.11. The van der Waals surface area contributed by atoms with Crippen molar-refractivity contribution in [3.8, 4) is 0 Å². The zero-order valence-corrected chi connectivity index (χ0v) is 13.0. The summed E-state index contributed by atoms with van der Waals surface area (Å²) in [5.41, 5.74) is 1.56. The monoisotopic (exact) mass is 303 g/mol. The first-order valence-electron chi connectivity index (χ1n) is 7.52. The molecule has 0 saturated heterocycles. The Balaban J connectivity index is 1.95. The number of rotatable bonds is 6. The summed E-state index contributed by atoms with van der Waals surface area (Å²) in [7, 11) is 0. The maximum Gasteiger partial charge on any atom is 0.315 e. The van der Waals surface area contributed by atoms with E-state index in [2.05, 4.69) is 10.6 Å². The number of nitrogens with zero attached hydrogens (tertiary/aromatic N) is 1. The Morgan fingerprint density at radius 1 is 1.27 bits per heavy atom. The van der Waals surface area contributed by atoms with Gasteiger partial charge in [0, 0.05) is 23.5 Å². The predicted octanol–water partition coefficient (Wildman–Crippen LogP) is 3.27. The standard InChI is InChI=1S/C17H22FN3O/c1-3-13(2)20-17(22)19-11-15-8-6-10-21(15)12-14-7-4-5-9-16(14)18/h4-10,13H,3,11-12H2,1-2H3,(H2,19,20,22)/t13-/m1/s1. The second-order valence-electron chi connectivity index (χ2n) is 5.36. The second kappa shape index (κ2) is 7.64. The van der Waals surface area contributed by atoms with Gasteiger partial charge < -0.3 is 15.2 Å². The van der Waals surface area contributed by atoms with Crippen molar-refractivity contribution < 1.29 is 9.18 Å². The molecule has 0 saturated carbocycles. The van der Waals surface area contributed by atoms with Gasteiger partial charge in [-0.3, -0.25) is 0 Å². The highest BCUT2D eigenvalue weighted by atomic mass is 19.1. The van der Waals surface area contributed by atoms with Crippen LogP contribution in [0.1, 0.15) is 31.5 Å². The minimum Gasteiger partial charge on any atom is -0.345 e. The molecule has 2 N–H and O–H groups in total. The highest BCUT2D eigenvalue weighted by Gasteiger charge is 2.08. The zero-order valence-electron chi connectivity index (χ0n) is 13.0. The molecule has 5 heteroatoms. The van der Waals surface area contributed by atoms with Gasteiger partial charge in [0.15, 0.2) is 0 Å². The van der Waals surface area contributed by atoms with Crippen molar-refractivity contribution in [2.24, 2.45) is 0 Å². The third kappa shape index (κ3) is 4.35. The minimum atomic E-state index is -0.218. The number of carbonyl (C=O) groups excluding carboxylic acids is 1. The maximum absolute atomic E-state index is 13.7. The van der Waals surface area contributed by atoms with Crippen LogP contribution in [0.4, 0.5) is 9.18 Å². The molecule has 2 rings (SSSR count). The number of hydrogen-bond acceptors (Lipinski definition) is 1. The molecule has 22 heavy (non-hydrogen) atoms. The molecule has 2 amide bonds. The Labute approximate surface area is 130 Å². The summed E-state index contributed by atoms with van der Waals surface area (Å²) in [6.45, 7) is 4.83. The van der Waals surface area contributed by atoms with E-state index in [1.165, 1.54) is 6.07 Å². The summed E-state index contributed by atoms with van der Waals surface area (Å²) in [5, 5.41) is 5.68. The SMILES string of the molecule is CC[C@@H](C)NC(=O)NCc1cccn1Cc1ccccc1F. The summed E-state index contributed by atoms with van der Waals surface area (Å²) in [6, 6.07) is 10.5. The lowest BCUT2D eigenvalue weighted by atomic mass is 10.2. The van der Waals surface area contributed by atoms with Crippen LogP contribution in [-0.2, 0) is 13.1 Å². The predicted molar refractivity (Wildman–Crippen MR) is 85.1 cm³/mol. The van der Waals surface area contributed by atoms with Crippen LogP contribution in [0.2, 0.25) is 0 Å². The van der Waals surface area contributed by atoms with Crippen molar-refractivity contribution in [2.45, 2.75) is 39.4 Å². The van der Waals surface area contributed by atoms with Gasteiger partial charge in [-0.25, -0.2) is 9.18 Å². The summed E-state index contributed by atoms with van der Waals surface area (Å²) < 4.78 is 15.6. The smallest absolute Gasteiger partial charge is 0.315 e. The molecule has 0 fully saturated rings. The lowest BCUT2D eigenvalue weighted by molar-refractivity contribution is 0.237. The molecule has 0 aliphatic heterocycles. The van der Waals surface area contributed by atoms with E-state index in [1.807, 2.05) is 42.8 Å². The van der Waals surface area contributed by atoms with Crippen LogP contribution < -0.4 is 10.6 Å².